The summed E-state index contributed by atoms with van der Waals surface area (Å²) in [5, 5.41) is 7.54. The predicted molar refractivity (Wildman–Crippen MR) is 308 cm³/mol. The molecule has 0 radical (unpaired) electrons. The first-order valence-corrected chi connectivity index (χ1v) is 25.7. The van der Waals surface area contributed by atoms with Crippen LogP contribution in [0.2, 0.25) is 0 Å². The van der Waals surface area contributed by atoms with Gasteiger partial charge in [-0.3, -0.25) is 0 Å². The summed E-state index contributed by atoms with van der Waals surface area (Å²) in [6.45, 7) is 9.63. The van der Waals surface area contributed by atoms with Gasteiger partial charge in [-0.15, -0.1) is 0 Å². The van der Waals surface area contributed by atoms with Gasteiger partial charge in [-0.2, -0.15) is 0 Å². The second-order valence-corrected chi connectivity index (χ2v) is 21.3. The molecule has 2 aliphatic carbocycles. The summed E-state index contributed by atoms with van der Waals surface area (Å²) >= 11 is 0. The molecule has 0 amide bonds. The number of hydrogen-bond acceptors (Lipinski definition) is 1. The van der Waals surface area contributed by atoms with Gasteiger partial charge in [0, 0.05) is 60.5 Å². The van der Waals surface area contributed by atoms with Crippen LogP contribution in [0.3, 0.4) is 0 Å². The largest absolute Gasteiger partial charge is 0.310 e. The molecule has 0 aliphatic heterocycles. The average molecular weight is 934 g/mol. The standard InChI is InChI=1S/C70H51N3/c1-69(2)60-39-45(46-30-35-59-58-24-12-13-25-65(58)72(68(59)40-46)47-19-6-5-7-20-47)29-34-52(60)53-36-31-48(41-61(53)69)71(64-28-16-18-44-17-8-9-21-51(44)64)49-32-37-54-55-38-33-50(43-63(55)70(3,4)62(54)42-49)73-66-26-14-10-22-56(66)57-23-11-15-27-67(57)73/h5-43H,1-4H3. The van der Waals surface area contributed by atoms with Crippen LogP contribution in [0, 0.1) is 0 Å². The highest BCUT2D eigenvalue weighted by molar-refractivity contribution is 6.11. The number of para-hydroxylation sites is 4. The van der Waals surface area contributed by atoms with Crippen molar-refractivity contribution in [2.24, 2.45) is 0 Å². The number of aromatic nitrogens is 2. The smallest absolute Gasteiger partial charge is 0.0547 e. The zero-order chi connectivity index (χ0) is 48.7. The van der Waals surface area contributed by atoms with Crippen molar-refractivity contribution >= 4 is 71.4 Å². The van der Waals surface area contributed by atoms with Crippen LogP contribution in [0.15, 0.2) is 237 Å². The van der Waals surface area contributed by atoms with Crippen molar-refractivity contribution in [3.8, 4) is 44.8 Å². The Morgan fingerprint density at radius 2 is 0.740 bits per heavy atom. The zero-order valence-corrected chi connectivity index (χ0v) is 41.4. The fourth-order valence-electron chi connectivity index (χ4n) is 13.1. The Labute approximate surface area is 425 Å². The molecule has 15 rings (SSSR count). The van der Waals surface area contributed by atoms with E-state index in [2.05, 4.69) is 278 Å². The fraction of sp³-hybridized carbons (Fsp3) is 0.0857. The van der Waals surface area contributed by atoms with Crippen LogP contribution in [0.5, 0.6) is 0 Å². The van der Waals surface area contributed by atoms with E-state index in [0.29, 0.717) is 0 Å². The van der Waals surface area contributed by atoms with Gasteiger partial charge in [0.15, 0.2) is 0 Å². The molecule has 2 heterocycles. The Morgan fingerprint density at radius 3 is 1.36 bits per heavy atom. The normalized spacial score (nSPS) is 14.0. The minimum absolute atomic E-state index is 0.248. The van der Waals surface area contributed by atoms with E-state index in [4.69, 9.17) is 0 Å². The van der Waals surface area contributed by atoms with Gasteiger partial charge in [0.1, 0.15) is 0 Å². The van der Waals surface area contributed by atoms with E-state index in [1.54, 1.807) is 0 Å². The monoisotopic (exact) mass is 933 g/mol. The quantitative estimate of drug-likeness (QED) is 0.162. The lowest BCUT2D eigenvalue weighted by atomic mass is 9.81. The Morgan fingerprint density at radius 1 is 0.301 bits per heavy atom. The topological polar surface area (TPSA) is 13.1 Å². The van der Waals surface area contributed by atoms with Gasteiger partial charge in [-0.1, -0.05) is 179 Å². The molecule has 0 fully saturated rings. The molecular formula is C70H51N3. The molecule has 73 heavy (non-hydrogen) atoms. The van der Waals surface area contributed by atoms with Crippen molar-refractivity contribution < 1.29 is 0 Å². The summed E-state index contributed by atoms with van der Waals surface area (Å²) in [7, 11) is 0. The summed E-state index contributed by atoms with van der Waals surface area (Å²) in [6.07, 6.45) is 0. The van der Waals surface area contributed by atoms with E-state index in [0.717, 1.165) is 11.4 Å². The van der Waals surface area contributed by atoms with Crippen molar-refractivity contribution in [2.75, 3.05) is 4.90 Å². The lowest BCUT2D eigenvalue weighted by Crippen LogP contribution is -2.18. The lowest BCUT2D eigenvalue weighted by Gasteiger charge is -2.30. The number of anilines is 3. The van der Waals surface area contributed by atoms with Gasteiger partial charge in [0.25, 0.3) is 0 Å². The summed E-state index contributed by atoms with van der Waals surface area (Å²) in [6, 6.07) is 88.3. The summed E-state index contributed by atoms with van der Waals surface area (Å²) in [5.74, 6) is 0. The van der Waals surface area contributed by atoms with Crippen LogP contribution >= 0.6 is 0 Å². The van der Waals surface area contributed by atoms with E-state index in [9.17, 15) is 0 Å². The number of fused-ring (bicyclic) bond motifs is 13. The molecule has 0 spiro atoms. The lowest BCUT2D eigenvalue weighted by molar-refractivity contribution is 0.659. The van der Waals surface area contributed by atoms with Gasteiger partial charge >= 0.3 is 0 Å². The van der Waals surface area contributed by atoms with E-state index in [-0.39, 0.29) is 10.8 Å². The molecule has 3 heteroatoms. The molecule has 0 saturated heterocycles. The summed E-state index contributed by atoms with van der Waals surface area (Å²) < 4.78 is 4.85. The van der Waals surface area contributed by atoms with Crippen LogP contribution in [-0.4, -0.2) is 9.13 Å². The van der Waals surface area contributed by atoms with Crippen molar-refractivity contribution in [1.29, 1.82) is 0 Å². The van der Waals surface area contributed by atoms with Gasteiger partial charge in [-0.25, -0.2) is 0 Å². The second kappa shape index (κ2) is 15.3. The number of hydrogen-bond donors (Lipinski definition) is 0. The molecule has 3 nitrogen and oxygen atoms in total. The van der Waals surface area contributed by atoms with Gasteiger partial charge in [0.2, 0.25) is 0 Å². The molecular weight excluding hydrogens is 883 g/mol. The minimum atomic E-state index is -0.250. The van der Waals surface area contributed by atoms with E-state index in [1.165, 1.54) is 127 Å². The molecule has 2 aromatic heterocycles. The van der Waals surface area contributed by atoms with Crippen molar-refractivity contribution in [2.45, 2.75) is 38.5 Å². The van der Waals surface area contributed by atoms with E-state index < -0.39 is 0 Å². The molecule has 0 unspecified atom stereocenters. The van der Waals surface area contributed by atoms with Crippen molar-refractivity contribution in [3.05, 3.63) is 259 Å². The third-order valence-electron chi connectivity index (χ3n) is 16.7. The Balaban J connectivity index is 0.839. The van der Waals surface area contributed by atoms with Crippen molar-refractivity contribution in [3.63, 3.8) is 0 Å². The maximum Gasteiger partial charge on any atom is 0.0547 e. The molecule has 0 saturated carbocycles. The van der Waals surface area contributed by atoms with E-state index >= 15 is 0 Å². The maximum absolute atomic E-state index is 2.51. The van der Waals surface area contributed by atoms with Crippen LogP contribution in [0.1, 0.15) is 49.9 Å². The van der Waals surface area contributed by atoms with Gasteiger partial charge < -0.3 is 14.0 Å². The third-order valence-corrected chi connectivity index (χ3v) is 16.7. The molecule has 11 aromatic carbocycles. The minimum Gasteiger partial charge on any atom is -0.310 e. The van der Waals surface area contributed by atoms with Crippen LogP contribution in [0.4, 0.5) is 17.1 Å². The molecule has 0 atom stereocenters. The number of nitrogens with zero attached hydrogens (tertiary/aromatic N) is 3. The van der Waals surface area contributed by atoms with Crippen LogP contribution in [0.25, 0.3) is 99.1 Å². The van der Waals surface area contributed by atoms with E-state index in [1.807, 2.05) is 0 Å². The Bertz CT molecular complexity index is 4390. The SMILES string of the molecule is CC1(C)c2cc(-c3ccc4c5ccccc5n(-c5ccccc5)c4c3)ccc2-c2ccc(N(c3ccc4c(c3)C(C)(C)c3cc(-n5c6ccccc6c6ccccc65)ccc3-4)c3cccc4ccccc34)cc21. The average Bonchev–Trinajstić information content (AvgIpc) is 4.09. The highest BCUT2D eigenvalue weighted by atomic mass is 15.1. The Hall–Kier alpha value is -8.92. The first kappa shape index (κ1) is 41.8. The first-order valence-electron chi connectivity index (χ1n) is 25.7. The molecule has 0 bridgehead atoms. The first-order chi connectivity index (χ1) is 35.7. The van der Waals surface area contributed by atoms with Crippen LogP contribution in [-0.2, 0) is 10.8 Å². The van der Waals surface area contributed by atoms with Crippen LogP contribution < -0.4 is 4.90 Å². The number of benzene rings is 11. The maximum atomic E-state index is 2.51. The summed E-state index contributed by atoms with van der Waals surface area (Å²) in [4.78, 5) is 2.51. The number of rotatable bonds is 6. The predicted octanol–water partition coefficient (Wildman–Crippen LogP) is 18.8. The Kier molecular flexibility index (Phi) is 8.76. The molecule has 13 aromatic rings. The molecule has 0 N–H and O–H groups in total. The zero-order valence-electron chi connectivity index (χ0n) is 41.4. The van der Waals surface area contributed by atoms with Gasteiger partial charge in [0.05, 0.1) is 27.8 Å². The fourth-order valence-corrected chi connectivity index (χ4v) is 13.1. The highest BCUT2D eigenvalue weighted by Crippen LogP contribution is 2.55. The molecule has 346 valence electrons. The highest BCUT2D eigenvalue weighted by Gasteiger charge is 2.39. The van der Waals surface area contributed by atoms with Crippen molar-refractivity contribution in [1.82, 2.24) is 9.13 Å². The van der Waals surface area contributed by atoms with Gasteiger partial charge in [-0.05, 0) is 146 Å². The molecule has 2 aliphatic rings. The third kappa shape index (κ3) is 6.00. The summed E-state index contributed by atoms with van der Waals surface area (Å²) in [5.41, 5.74) is 23.3. The second-order valence-electron chi connectivity index (χ2n) is 21.3.